The number of aromatic hydroxyl groups is 1. The topological polar surface area (TPSA) is 100 Å². The molecule has 2 aromatic rings. The first-order valence-corrected chi connectivity index (χ1v) is 8.67. The molecule has 7 nitrogen and oxygen atoms in total. The van der Waals surface area contributed by atoms with Crippen LogP contribution in [0.15, 0.2) is 53.6 Å². The summed E-state index contributed by atoms with van der Waals surface area (Å²) in [6, 6.07) is 14.5. The Morgan fingerprint density at radius 3 is 2.67 bits per heavy atom. The van der Waals surface area contributed by atoms with Crippen molar-refractivity contribution in [2.24, 2.45) is 5.10 Å². The molecule has 142 valence electrons. The van der Waals surface area contributed by atoms with Crippen molar-refractivity contribution in [2.75, 3.05) is 13.2 Å². The molecule has 2 aromatic carbocycles. The van der Waals surface area contributed by atoms with E-state index in [0.717, 1.165) is 5.56 Å². The number of hydrazone groups is 1. The van der Waals surface area contributed by atoms with Crippen LogP contribution in [0.5, 0.6) is 11.5 Å². The van der Waals surface area contributed by atoms with Gasteiger partial charge in [-0.3, -0.25) is 9.59 Å². The Balaban J connectivity index is 1.72. The molecule has 0 unspecified atom stereocenters. The van der Waals surface area contributed by atoms with E-state index >= 15 is 0 Å². The Morgan fingerprint density at radius 1 is 1.15 bits per heavy atom. The lowest BCUT2D eigenvalue weighted by Crippen LogP contribution is -2.31. The molecular weight excluding hydrogens is 346 g/mol. The second kappa shape index (κ2) is 10.6. The maximum absolute atomic E-state index is 11.8. The van der Waals surface area contributed by atoms with Crippen LogP contribution in [0.3, 0.4) is 0 Å². The van der Waals surface area contributed by atoms with Crippen LogP contribution >= 0.6 is 0 Å². The van der Waals surface area contributed by atoms with E-state index in [9.17, 15) is 14.7 Å². The zero-order chi connectivity index (χ0) is 19.5. The van der Waals surface area contributed by atoms with E-state index in [-0.39, 0.29) is 18.1 Å². The van der Waals surface area contributed by atoms with Gasteiger partial charge in [-0.05, 0) is 42.7 Å². The van der Waals surface area contributed by atoms with Crippen LogP contribution in [0.2, 0.25) is 0 Å². The molecule has 0 saturated carbocycles. The highest BCUT2D eigenvalue weighted by Gasteiger charge is 2.08. The number of rotatable bonds is 9. The molecule has 0 atom stereocenters. The molecule has 3 N–H and O–H groups in total. The molecule has 0 saturated heterocycles. The molecular formula is C20H23N3O4. The normalized spacial score (nSPS) is 10.6. The number of nitrogens with zero attached hydrogens (tertiary/aromatic N) is 1. The fourth-order valence-corrected chi connectivity index (χ4v) is 2.30. The van der Waals surface area contributed by atoms with Crippen LogP contribution in [0.1, 0.15) is 24.5 Å². The molecule has 27 heavy (non-hydrogen) atoms. The zero-order valence-corrected chi connectivity index (χ0v) is 15.1. The van der Waals surface area contributed by atoms with Gasteiger partial charge in [0.15, 0.2) is 11.5 Å². The van der Waals surface area contributed by atoms with Crippen molar-refractivity contribution in [3.8, 4) is 11.5 Å². The molecule has 0 radical (unpaired) electrons. The molecule has 0 heterocycles. The summed E-state index contributed by atoms with van der Waals surface area (Å²) in [7, 11) is 0. The predicted molar refractivity (Wildman–Crippen MR) is 103 cm³/mol. The van der Waals surface area contributed by atoms with Crippen molar-refractivity contribution in [1.29, 1.82) is 0 Å². The second-order valence-electron chi connectivity index (χ2n) is 5.72. The van der Waals surface area contributed by atoms with E-state index in [2.05, 4.69) is 15.8 Å². The Morgan fingerprint density at radius 2 is 1.93 bits per heavy atom. The summed E-state index contributed by atoms with van der Waals surface area (Å²) >= 11 is 0. The zero-order valence-electron chi connectivity index (χ0n) is 15.1. The van der Waals surface area contributed by atoms with E-state index in [4.69, 9.17) is 4.74 Å². The number of carbonyl (C=O) groups excluding carboxylic acids is 2. The summed E-state index contributed by atoms with van der Waals surface area (Å²) in [6.07, 6.45) is 1.81. The first-order valence-electron chi connectivity index (χ1n) is 8.67. The number of hydrogen-bond donors (Lipinski definition) is 3. The maximum Gasteiger partial charge on any atom is 0.249 e. The van der Waals surface area contributed by atoms with Gasteiger partial charge >= 0.3 is 0 Å². The van der Waals surface area contributed by atoms with Crippen molar-refractivity contribution in [3.63, 3.8) is 0 Å². The van der Waals surface area contributed by atoms with E-state index in [0.29, 0.717) is 30.9 Å². The highest BCUT2D eigenvalue weighted by molar-refractivity contribution is 5.97. The van der Waals surface area contributed by atoms with Crippen LogP contribution in [-0.4, -0.2) is 36.3 Å². The van der Waals surface area contributed by atoms with Gasteiger partial charge in [-0.25, -0.2) is 5.43 Å². The van der Waals surface area contributed by atoms with Crippen molar-refractivity contribution < 1.29 is 19.4 Å². The van der Waals surface area contributed by atoms with E-state index < -0.39 is 5.91 Å². The predicted octanol–water partition coefficient (Wildman–Crippen LogP) is 1.99. The van der Waals surface area contributed by atoms with Crippen LogP contribution in [-0.2, 0) is 16.0 Å². The number of carbonyl (C=O) groups is 2. The molecule has 2 amide bonds. The number of benzene rings is 2. The third kappa shape index (κ3) is 7.19. The van der Waals surface area contributed by atoms with Crippen LogP contribution < -0.4 is 15.5 Å². The van der Waals surface area contributed by atoms with E-state index in [1.807, 2.05) is 37.3 Å². The molecule has 0 aliphatic carbocycles. The molecule has 0 spiro atoms. The molecule has 0 bridgehead atoms. The SMILES string of the molecule is CCOc1cc(/C=N\NC(=O)CC(=O)NCCc2ccccc2)ccc1O. The third-order valence-electron chi connectivity index (χ3n) is 3.59. The summed E-state index contributed by atoms with van der Waals surface area (Å²) in [6.45, 7) is 2.70. The minimum Gasteiger partial charge on any atom is -0.504 e. The van der Waals surface area contributed by atoms with Gasteiger partial charge in [0.2, 0.25) is 11.8 Å². The number of phenols is 1. The lowest BCUT2D eigenvalue weighted by atomic mass is 10.1. The Kier molecular flexibility index (Phi) is 7.84. The monoisotopic (exact) mass is 369 g/mol. The standard InChI is InChI=1S/C20H23N3O4/c1-2-27-18-12-16(8-9-17(18)24)14-22-23-20(26)13-19(25)21-11-10-15-6-4-3-5-7-15/h3-9,12,14,24H,2,10-11,13H2,1H3,(H,21,25)(H,23,26)/b22-14-. The van der Waals surface area contributed by atoms with Gasteiger partial charge in [-0.1, -0.05) is 30.3 Å². The van der Waals surface area contributed by atoms with Crippen LogP contribution in [0.25, 0.3) is 0 Å². The lowest BCUT2D eigenvalue weighted by Gasteiger charge is -2.06. The molecule has 0 aromatic heterocycles. The van der Waals surface area contributed by atoms with Gasteiger partial charge in [0.1, 0.15) is 6.42 Å². The van der Waals surface area contributed by atoms with Crippen molar-refractivity contribution in [2.45, 2.75) is 19.8 Å². The average Bonchev–Trinajstić information content (AvgIpc) is 2.65. The van der Waals surface area contributed by atoms with Gasteiger partial charge in [-0.2, -0.15) is 5.10 Å². The van der Waals surface area contributed by atoms with E-state index in [1.165, 1.54) is 12.3 Å². The number of hydrogen-bond acceptors (Lipinski definition) is 5. The minimum atomic E-state index is -0.507. The summed E-state index contributed by atoms with van der Waals surface area (Å²) in [4.78, 5) is 23.5. The van der Waals surface area contributed by atoms with Crippen molar-refractivity contribution in [3.05, 3.63) is 59.7 Å². The Bertz CT molecular complexity index is 791. The number of ether oxygens (including phenoxy) is 1. The summed E-state index contributed by atoms with van der Waals surface area (Å²) in [5.74, 6) is -0.495. The molecule has 7 heteroatoms. The molecule has 0 aliphatic rings. The molecule has 0 fully saturated rings. The van der Waals surface area contributed by atoms with Crippen molar-refractivity contribution in [1.82, 2.24) is 10.7 Å². The van der Waals surface area contributed by atoms with Crippen LogP contribution in [0.4, 0.5) is 0 Å². The average molecular weight is 369 g/mol. The van der Waals surface area contributed by atoms with Gasteiger partial charge < -0.3 is 15.2 Å². The second-order valence-corrected chi connectivity index (χ2v) is 5.72. The highest BCUT2D eigenvalue weighted by Crippen LogP contribution is 2.26. The lowest BCUT2D eigenvalue weighted by molar-refractivity contribution is -0.129. The first-order chi connectivity index (χ1) is 13.1. The van der Waals surface area contributed by atoms with Crippen LogP contribution in [0, 0.1) is 0 Å². The largest absolute Gasteiger partial charge is 0.504 e. The first kappa shape index (κ1) is 20.0. The number of amides is 2. The number of nitrogens with one attached hydrogen (secondary N) is 2. The molecule has 2 rings (SSSR count). The summed E-state index contributed by atoms with van der Waals surface area (Å²) in [5.41, 5.74) is 4.06. The summed E-state index contributed by atoms with van der Waals surface area (Å²) < 4.78 is 5.27. The van der Waals surface area contributed by atoms with E-state index in [1.54, 1.807) is 12.1 Å². The number of phenolic OH excluding ortho intramolecular Hbond substituents is 1. The van der Waals surface area contributed by atoms with Gasteiger partial charge in [0, 0.05) is 6.54 Å². The fourth-order valence-electron chi connectivity index (χ4n) is 2.30. The fraction of sp³-hybridized carbons (Fsp3) is 0.250. The molecule has 0 aliphatic heterocycles. The Labute approximate surface area is 158 Å². The smallest absolute Gasteiger partial charge is 0.249 e. The maximum atomic E-state index is 11.8. The van der Waals surface area contributed by atoms with Gasteiger partial charge in [-0.15, -0.1) is 0 Å². The van der Waals surface area contributed by atoms with Gasteiger partial charge in [0.25, 0.3) is 0 Å². The highest BCUT2D eigenvalue weighted by atomic mass is 16.5. The van der Waals surface area contributed by atoms with Crippen molar-refractivity contribution >= 4 is 18.0 Å². The minimum absolute atomic E-state index is 0.0326. The Hall–Kier alpha value is -3.35. The third-order valence-corrected chi connectivity index (χ3v) is 3.59. The quantitative estimate of drug-likeness (QED) is 0.357. The van der Waals surface area contributed by atoms with Gasteiger partial charge in [0.05, 0.1) is 12.8 Å². The summed E-state index contributed by atoms with van der Waals surface area (Å²) in [5, 5.41) is 16.2.